The van der Waals surface area contributed by atoms with Crippen LogP contribution in [-0.2, 0) is 12.5 Å². The van der Waals surface area contributed by atoms with E-state index < -0.39 is 0 Å². The van der Waals surface area contributed by atoms with Crippen molar-refractivity contribution in [1.29, 1.82) is 0 Å². The number of furan rings is 1. The van der Waals surface area contributed by atoms with Crippen molar-refractivity contribution < 1.29 is 8.98 Å². The fourth-order valence-corrected chi connectivity index (χ4v) is 5.88. The smallest absolute Gasteiger partial charge is 0.295 e. The second-order valence-corrected chi connectivity index (χ2v) is 10.6. The first-order valence-corrected chi connectivity index (χ1v) is 11.9. The lowest BCUT2D eigenvalue weighted by Crippen LogP contribution is -2.28. The molecule has 34 heavy (non-hydrogen) atoms. The third kappa shape index (κ3) is 2.39. The summed E-state index contributed by atoms with van der Waals surface area (Å²) in [5, 5.41) is 7.40. The van der Waals surface area contributed by atoms with Crippen LogP contribution in [0.15, 0.2) is 77.2 Å². The van der Waals surface area contributed by atoms with E-state index in [2.05, 4.69) is 117 Å². The second kappa shape index (κ2) is 6.38. The zero-order valence-corrected chi connectivity index (χ0v) is 20.2. The van der Waals surface area contributed by atoms with Gasteiger partial charge in [-0.15, -0.1) is 0 Å². The number of hydrogen-bond acceptors (Lipinski definition) is 1. The third-order valence-electron chi connectivity index (χ3n) is 7.46. The molecule has 0 aliphatic rings. The number of hydrogen-bond donors (Lipinski definition) is 0. The van der Waals surface area contributed by atoms with Gasteiger partial charge in [-0.2, -0.15) is 4.40 Å². The molecule has 0 aliphatic heterocycles. The Morgan fingerprint density at radius 2 is 1.56 bits per heavy atom. The maximum Gasteiger partial charge on any atom is 0.295 e. The number of imidazole rings is 1. The molecule has 0 N–H and O–H groups in total. The average molecular weight is 444 g/mol. The molecular formula is C31H27N2O+. The minimum absolute atomic E-state index is 0.0186. The maximum atomic E-state index is 6.54. The molecule has 4 aromatic carbocycles. The van der Waals surface area contributed by atoms with Crippen LogP contribution >= 0.6 is 0 Å². The summed E-state index contributed by atoms with van der Waals surface area (Å²) in [6.07, 6.45) is 0. The van der Waals surface area contributed by atoms with Crippen LogP contribution < -0.4 is 4.57 Å². The number of pyridine rings is 1. The van der Waals surface area contributed by atoms with Crippen LogP contribution in [0.4, 0.5) is 0 Å². The molecule has 0 saturated carbocycles. The highest BCUT2D eigenvalue weighted by molar-refractivity contribution is 6.22. The summed E-state index contributed by atoms with van der Waals surface area (Å²) in [6.45, 7) is 9.11. The Hall–Kier alpha value is -3.85. The minimum atomic E-state index is -0.0186. The molecule has 0 fully saturated rings. The van der Waals surface area contributed by atoms with Gasteiger partial charge in [0.2, 0.25) is 0 Å². The van der Waals surface area contributed by atoms with E-state index in [1.165, 1.54) is 60.3 Å². The van der Waals surface area contributed by atoms with Gasteiger partial charge in [-0.25, -0.2) is 4.57 Å². The highest BCUT2D eigenvalue weighted by atomic mass is 16.3. The van der Waals surface area contributed by atoms with Gasteiger partial charge >= 0.3 is 0 Å². The van der Waals surface area contributed by atoms with Gasteiger partial charge in [0.15, 0.2) is 11.0 Å². The molecule has 7 rings (SSSR count). The van der Waals surface area contributed by atoms with Crippen molar-refractivity contribution in [3.8, 4) is 0 Å². The Labute approximate surface area is 197 Å². The van der Waals surface area contributed by atoms with Crippen molar-refractivity contribution in [1.82, 2.24) is 4.40 Å². The maximum absolute atomic E-state index is 6.54. The molecule has 3 heterocycles. The summed E-state index contributed by atoms with van der Waals surface area (Å²) < 4.78 is 11.3. The zero-order chi connectivity index (χ0) is 23.4. The van der Waals surface area contributed by atoms with Crippen molar-refractivity contribution in [2.75, 3.05) is 0 Å². The normalized spacial score (nSPS) is 12.9. The lowest BCUT2D eigenvalue weighted by atomic mass is 9.89. The van der Waals surface area contributed by atoms with Crippen molar-refractivity contribution in [2.45, 2.75) is 33.1 Å². The third-order valence-corrected chi connectivity index (χ3v) is 7.46. The summed E-state index contributed by atoms with van der Waals surface area (Å²) in [5.74, 6) is 0. The van der Waals surface area contributed by atoms with Crippen molar-refractivity contribution in [3.05, 3.63) is 84.1 Å². The molecule has 0 saturated heterocycles. The number of benzene rings is 4. The molecule has 0 atom stereocenters. The predicted octanol–water partition coefficient (Wildman–Crippen LogP) is 7.73. The van der Waals surface area contributed by atoms with E-state index >= 15 is 0 Å². The molecule has 3 aromatic heterocycles. The molecule has 0 unspecified atom stereocenters. The molecule has 3 heteroatoms. The van der Waals surface area contributed by atoms with E-state index in [1.54, 1.807) is 0 Å². The van der Waals surface area contributed by atoms with Crippen LogP contribution in [0.3, 0.4) is 0 Å². The lowest BCUT2D eigenvalue weighted by Gasteiger charge is -2.18. The first kappa shape index (κ1) is 19.6. The summed E-state index contributed by atoms with van der Waals surface area (Å²) in [5.41, 5.74) is 8.10. The largest absolute Gasteiger partial charge is 0.456 e. The standard InChI is InChI=1S/C31H27N2O/c1-18-27-20(16-22-28-21-11-7-6-10-19(21)14-15-25(28)34-29(18)22)17-26(31(2,3)4)33-24-13-9-8-12-23(24)32(5)30(27)33/h6-17H,1-5H3/q+1. The number of fused-ring (bicyclic) bond motifs is 10. The number of nitrogens with zero attached hydrogens (tertiary/aromatic N) is 2. The Kier molecular flexibility index (Phi) is 3.68. The molecule has 0 spiro atoms. The van der Waals surface area contributed by atoms with Gasteiger partial charge in [-0.3, -0.25) is 0 Å². The van der Waals surface area contributed by atoms with E-state index in [0.717, 1.165) is 11.2 Å². The van der Waals surface area contributed by atoms with E-state index in [9.17, 15) is 0 Å². The van der Waals surface area contributed by atoms with Crippen LogP contribution in [0.5, 0.6) is 0 Å². The van der Waals surface area contributed by atoms with Crippen LogP contribution in [0.25, 0.3) is 60.2 Å². The molecule has 7 aromatic rings. The van der Waals surface area contributed by atoms with E-state index in [0.29, 0.717) is 0 Å². The Morgan fingerprint density at radius 1 is 0.794 bits per heavy atom. The number of aryl methyl sites for hydroxylation is 2. The highest BCUT2D eigenvalue weighted by Crippen LogP contribution is 2.41. The number of aromatic nitrogens is 2. The zero-order valence-electron chi connectivity index (χ0n) is 20.2. The molecule has 0 aliphatic carbocycles. The monoisotopic (exact) mass is 443 g/mol. The average Bonchev–Trinajstić information content (AvgIpc) is 3.34. The van der Waals surface area contributed by atoms with E-state index in [-0.39, 0.29) is 5.41 Å². The summed E-state index contributed by atoms with van der Waals surface area (Å²) >= 11 is 0. The Balaban J connectivity index is 1.78. The first-order chi connectivity index (χ1) is 16.3. The summed E-state index contributed by atoms with van der Waals surface area (Å²) in [4.78, 5) is 0. The van der Waals surface area contributed by atoms with E-state index in [4.69, 9.17) is 4.42 Å². The van der Waals surface area contributed by atoms with Crippen LogP contribution in [0.2, 0.25) is 0 Å². The number of rotatable bonds is 0. The Bertz CT molecular complexity index is 1960. The first-order valence-electron chi connectivity index (χ1n) is 11.9. The van der Waals surface area contributed by atoms with Gasteiger partial charge in [-0.05, 0) is 53.4 Å². The summed E-state index contributed by atoms with van der Waals surface area (Å²) in [7, 11) is 2.18. The lowest BCUT2D eigenvalue weighted by molar-refractivity contribution is -0.617. The molecule has 3 nitrogen and oxygen atoms in total. The van der Waals surface area contributed by atoms with Crippen molar-refractivity contribution in [2.24, 2.45) is 7.05 Å². The van der Waals surface area contributed by atoms with Crippen molar-refractivity contribution >= 4 is 60.2 Å². The fourth-order valence-electron chi connectivity index (χ4n) is 5.88. The molecule has 0 radical (unpaired) electrons. The number of para-hydroxylation sites is 2. The second-order valence-electron chi connectivity index (χ2n) is 10.6. The molecular weight excluding hydrogens is 416 g/mol. The fraction of sp³-hybridized carbons (Fsp3) is 0.194. The van der Waals surface area contributed by atoms with Gasteiger partial charge in [0.1, 0.15) is 16.9 Å². The topological polar surface area (TPSA) is 21.4 Å². The van der Waals surface area contributed by atoms with Crippen LogP contribution in [0, 0.1) is 6.92 Å². The molecule has 0 amide bonds. The Morgan fingerprint density at radius 3 is 2.38 bits per heavy atom. The van der Waals surface area contributed by atoms with E-state index in [1.807, 2.05) is 0 Å². The van der Waals surface area contributed by atoms with Crippen LogP contribution in [-0.4, -0.2) is 4.40 Å². The predicted molar refractivity (Wildman–Crippen MR) is 142 cm³/mol. The van der Waals surface area contributed by atoms with Gasteiger partial charge in [0.25, 0.3) is 5.65 Å². The molecule has 0 bridgehead atoms. The van der Waals surface area contributed by atoms with Gasteiger partial charge in [-0.1, -0.05) is 63.2 Å². The SMILES string of the molecule is Cc1c2oc3ccc4ccccc4c3c2cc2cc(C(C)(C)C)n3c4ccccc4[n+](C)c3c12. The van der Waals surface area contributed by atoms with Crippen molar-refractivity contribution in [3.63, 3.8) is 0 Å². The van der Waals surface area contributed by atoms with Gasteiger partial charge in [0.05, 0.1) is 12.4 Å². The summed E-state index contributed by atoms with van der Waals surface area (Å²) in [6, 6.07) is 26.3. The molecule has 166 valence electrons. The minimum Gasteiger partial charge on any atom is -0.456 e. The van der Waals surface area contributed by atoms with Gasteiger partial charge in [0, 0.05) is 21.8 Å². The quantitative estimate of drug-likeness (QED) is 0.220. The van der Waals surface area contributed by atoms with Crippen LogP contribution in [0.1, 0.15) is 32.0 Å². The van der Waals surface area contributed by atoms with Gasteiger partial charge < -0.3 is 4.42 Å². The highest BCUT2D eigenvalue weighted by Gasteiger charge is 2.30.